The fourth-order valence-electron chi connectivity index (χ4n) is 2.56. The third-order valence-electron chi connectivity index (χ3n) is 3.69. The third kappa shape index (κ3) is 3.87. The number of hydrogen-bond donors (Lipinski definition) is 1. The van der Waals surface area contributed by atoms with Crippen molar-refractivity contribution >= 4 is 30.2 Å². The highest BCUT2D eigenvalue weighted by Crippen LogP contribution is 2.39. The molecule has 6 heteroatoms. The molecule has 2 atom stereocenters. The van der Waals surface area contributed by atoms with E-state index in [2.05, 4.69) is 13.0 Å². The van der Waals surface area contributed by atoms with Crippen LogP contribution < -0.4 is 5.73 Å². The Balaban J connectivity index is 0.00000220. The number of amides is 1. The lowest BCUT2D eigenvalue weighted by atomic mass is 9.83. The summed E-state index contributed by atoms with van der Waals surface area (Å²) in [5, 5.41) is 2.04. The summed E-state index contributed by atoms with van der Waals surface area (Å²) in [6.07, 6.45) is 0.845. The van der Waals surface area contributed by atoms with Crippen molar-refractivity contribution in [3.05, 3.63) is 57.8 Å². The van der Waals surface area contributed by atoms with Gasteiger partial charge in [-0.25, -0.2) is 0 Å². The van der Waals surface area contributed by atoms with Crippen molar-refractivity contribution in [3.8, 4) is 0 Å². The average molecular weight is 343 g/mol. The van der Waals surface area contributed by atoms with Crippen LogP contribution in [0.1, 0.15) is 29.0 Å². The third-order valence-corrected chi connectivity index (χ3v) is 4.76. The van der Waals surface area contributed by atoms with Crippen molar-refractivity contribution in [2.75, 3.05) is 7.05 Å². The Morgan fingerprint density at radius 3 is 2.32 bits per heavy atom. The second-order valence-corrected chi connectivity index (χ2v) is 6.24. The number of carbonyl (C=O) groups is 1. The fraction of sp³-hybridized carbons (Fsp3) is 0.312. The molecule has 1 aromatic heterocycles. The molecule has 0 saturated carbocycles. The van der Waals surface area contributed by atoms with Gasteiger partial charge in [0.25, 0.3) is 0 Å². The number of nitrogens with zero attached hydrogens (tertiary/aromatic N) is 1. The van der Waals surface area contributed by atoms with Crippen molar-refractivity contribution in [1.82, 2.24) is 4.90 Å². The van der Waals surface area contributed by atoms with Gasteiger partial charge in [-0.2, -0.15) is 0 Å². The van der Waals surface area contributed by atoms with Crippen molar-refractivity contribution < 1.29 is 10.3 Å². The van der Waals surface area contributed by atoms with Gasteiger partial charge in [0.15, 0.2) is 0 Å². The van der Waals surface area contributed by atoms with Gasteiger partial charge in [0.05, 0.1) is 11.6 Å². The first-order chi connectivity index (χ1) is 9.48. The van der Waals surface area contributed by atoms with E-state index >= 15 is 0 Å². The van der Waals surface area contributed by atoms with Gasteiger partial charge >= 0.3 is 0 Å². The minimum absolute atomic E-state index is 0. The molecule has 1 aromatic carbocycles. The maximum absolute atomic E-state index is 11.3. The summed E-state index contributed by atoms with van der Waals surface area (Å²) in [5.74, 6) is 0. The number of likely N-dealkylation sites (N-methyl/N-ethyl adjacent to an activating group) is 1. The van der Waals surface area contributed by atoms with Crippen molar-refractivity contribution in [3.63, 3.8) is 0 Å². The highest BCUT2D eigenvalue weighted by Gasteiger charge is 2.37. The Morgan fingerprint density at radius 1 is 1.27 bits per heavy atom. The molecule has 1 amide bonds. The molecule has 0 aliphatic carbocycles. The van der Waals surface area contributed by atoms with E-state index < -0.39 is 5.54 Å². The van der Waals surface area contributed by atoms with E-state index in [4.69, 9.17) is 5.73 Å². The smallest absolute Gasteiger partial charge is 0.210 e. The van der Waals surface area contributed by atoms with E-state index in [0.717, 1.165) is 16.9 Å². The molecular weight excluding hydrogens is 320 g/mol. The second-order valence-electron chi connectivity index (χ2n) is 5.29. The first-order valence-electron chi connectivity index (χ1n) is 6.54. The van der Waals surface area contributed by atoms with Gasteiger partial charge in [-0.3, -0.25) is 4.79 Å². The Hall–Kier alpha value is -1.40. The number of aryl methyl sites for hydroxylation is 1. The standard InChI is InChI=1S/C16H20N2OS.ClH.H2O/c1-12-9-10-20-14(12)15(18(3)11-19)16(2,17)13-7-5-4-6-8-13;;/h4-11,15H,17H2,1-3H3;1H;1H2. The number of hydrogen-bond acceptors (Lipinski definition) is 3. The quantitative estimate of drug-likeness (QED) is 0.848. The number of rotatable bonds is 5. The molecular formula is C16H23ClN2O2S. The van der Waals surface area contributed by atoms with Crippen LogP contribution in [0.5, 0.6) is 0 Å². The molecule has 2 rings (SSSR count). The molecule has 4 nitrogen and oxygen atoms in total. The van der Waals surface area contributed by atoms with Crippen LogP contribution in [0.3, 0.4) is 0 Å². The number of nitrogens with two attached hydrogens (primary N) is 1. The minimum Gasteiger partial charge on any atom is -0.412 e. The van der Waals surface area contributed by atoms with Crippen molar-refractivity contribution in [2.24, 2.45) is 5.73 Å². The predicted molar refractivity (Wildman–Crippen MR) is 94.5 cm³/mol. The van der Waals surface area contributed by atoms with Crippen molar-refractivity contribution in [1.29, 1.82) is 0 Å². The Bertz CT molecular complexity index is 587. The first-order valence-corrected chi connectivity index (χ1v) is 7.42. The lowest BCUT2D eigenvalue weighted by Crippen LogP contribution is -2.46. The first kappa shape index (κ1) is 20.6. The molecule has 22 heavy (non-hydrogen) atoms. The molecule has 122 valence electrons. The van der Waals surface area contributed by atoms with Crippen LogP contribution in [0.4, 0.5) is 0 Å². The van der Waals surface area contributed by atoms with Gasteiger partial charge in [0.1, 0.15) is 0 Å². The van der Waals surface area contributed by atoms with Gasteiger partial charge in [0.2, 0.25) is 6.41 Å². The topological polar surface area (TPSA) is 77.8 Å². The molecule has 4 N–H and O–H groups in total. The van der Waals surface area contributed by atoms with Crippen LogP contribution in [0.25, 0.3) is 0 Å². The molecule has 0 spiro atoms. The summed E-state index contributed by atoms with van der Waals surface area (Å²) in [5.41, 5.74) is 8.17. The van der Waals surface area contributed by atoms with Gasteiger partial charge in [-0.15, -0.1) is 23.7 Å². The lowest BCUT2D eigenvalue weighted by Gasteiger charge is -2.39. The van der Waals surface area contributed by atoms with Gasteiger partial charge in [-0.05, 0) is 36.4 Å². The van der Waals surface area contributed by atoms with E-state index in [1.807, 2.05) is 42.6 Å². The zero-order chi connectivity index (χ0) is 14.8. The largest absolute Gasteiger partial charge is 0.412 e. The zero-order valence-electron chi connectivity index (χ0n) is 12.9. The second kappa shape index (κ2) is 8.29. The zero-order valence-corrected chi connectivity index (χ0v) is 14.6. The average Bonchev–Trinajstić information content (AvgIpc) is 2.85. The predicted octanol–water partition coefficient (Wildman–Crippen LogP) is 2.66. The molecule has 0 aliphatic rings. The van der Waals surface area contributed by atoms with E-state index in [1.165, 1.54) is 5.56 Å². The summed E-state index contributed by atoms with van der Waals surface area (Å²) in [6.45, 7) is 4.03. The number of halogens is 1. The molecule has 0 aliphatic heterocycles. The molecule has 1 heterocycles. The maximum Gasteiger partial charge on any atom is 0.210 e. The summed E-state index contributed by atoms with van der Waals surface area (Å²) in [4.78, 5) is 14.1. The number of thiophene rings is 1. The maximum atomic E-state index is 11.3. The fourth-order valence-corrected chi connectivity index (χ4v) is 3.77. The van der Waals surface area contributed by atoms with Crippen LogP contribution in [0.2, 0.25) is 0 Å². The van der Waals surface area contributed by atoms with Crippen LogP contribution in [-0.4, -0.2) is 23.8 Å². The molecule has 2 aromatic rings. The summed E-state index contributed by atoms with van der Waals surface area (Å²) in [6, 6.07) is 11.8. The Labute approximate surface area is 141 Å². The molecule has 0 fully saturated rings. The SMILES string of the molecule is Cc1ccsc1C(N(C)C=O)C(C)(N)c1ccccc1.Cl.O. The van der Waals surface area contributed by atoms with Gasteiger partial charge in [-0.1, -0.05) is 30.3 Å². The normalized spacial score (nSPS) is 14.0. The highest BCUT2D eigenvalue weighted by molar-refractivity contribution is 7.10. The van der Waals surface area contributed by atoms with Crippen LogP contribution in [0.15, 0.2) is 41.8 Å². The summed E-state index contributed by atoms with van der Waals surface area (Å²) >= 11 is 1.64. The minimum atomic E-state index is -0.646. The lowest BCUT2D eigenvalue weighted by molar-refractivity contribution is -0.120. The number of benzene rings is 1. The van der Waals surface area contributed by atoms with Crippen LogP contribution in [0, 0.1) is 6.92 Å². The van der Waals surface area contributed by atoms with E-state index in [1.54, 1.807) is 23.3 Å². The van der Waals surface area contributed by atoms with Crippen LogP contribution in [-0.2, 0) is 10.3 Å². The molecule has 0 saturated heterocycles. The van der Waals surface area contributed by atoms with E-state index in [-0.39, 0.29) is 23.9 Å². The summed E-state index contributed by atoms with van der Waals surface area (Å²) < 4.78 is 0. The summed E-state index contributed by atoms with van der Waals surface area (Å²) in [7, 11) is 1.78. The van der Waals surface area contributed by atoms with Gasteiger partial charge in [0, 0.05) is 11.9 Å². The monoisotopic (exact) mass is 342 g/mol. The Kier molecular flexibility index (Phi) is 7.76. The van der Waals surface area contributed by atoms with Gasteiger partial charge < -0.3 is 16.1 Å². The van der Waals surface area contributed by atoms with E-state index in [9.17, 15) is 4.79 Å². The molecule has 0 bridgehead atoms. The number of carbonyl (C=O) groups excluding carboxylic acids is 1. The molecule has 2 unspecified atom stereocenters. The van der Waals surface area contributed by atoms with E-state index in [0.29, 0.717) is 0 Å². The molecule has 0 radical (unpaired) electrons. The highest BCUT2D eigenvalue weighted by atomic mass is 35.5. The Morgan fingerprint density at radius 2 is 1.86 bits per heavy atom. The van der Waals surface area contributed by atoms with Crippen molar-refractivity contribution in [2.45, 2.75) is 25.4 Å². The van der Waals surface area contributed by atoms with Crippen LogP contribution >= 0.6 is 23.7 Å².